The molecule has 0 bridgehead atoms. The van der Waals surface area contributed by atoms with Gasteiger partial charge in [-0.15, -0.1) is 4.72 Å². The first-order valence-corrected chi connectivity index (χ1v) is 7.63. The summed E-state index contributed by atoms with van der Waals surface area (Å²) in [6, 6.07) is 0.937. The Morgan fingerprint density at radius 2 is 2.05 bits per heavy atom. The van der Waals surface area contributed by atoms with E-state index in [1.165, 1.54) is 13.2 Å². The minimum atomic E-state index is -1.26. The van der Waals surface area contributed by atoms with Crippen molar-refractivity contribution in [1.29, 1.82) is 0 Å². The fraction of sp³-hybridized carbons (Fsp3) is 0.571. The molecule has 1 aliphatic carbocycles. The summed E-state index contributed by atoms with van der Waals surface area (Å²) in [4.78, 5) is 0. The van der Waals surface area contributed by atoms with E-state index in [1.807, 2.05) is 20.8 Å². The summed E-state index contributed by atoms with van der Waals surface area (Å²) in [6.07, 6.45) is 1.23. The van der Waals surface area contributed by atoms with Gasteiger partial charge in [-0.3, -0.25) is 0 Å². The van der Waals surface area contributed by atoms with Crippen molar-refractivity contribution < 1.29 is 18.1 Å². The second kappa shape index (κ2) is 5.50. The van der Waals surface area contributed by atoms with E-state index in [9.17, 15) is 13.3 Å². The second-order valence-electron chi connectivity index (χ2n) is 5.86. The highest BCUT2D eigenvalue weighted by atomic mass is 32.2. The number of benzene rings is 1. The van der Waals surface area contributed by atoms with E-state index in [0.29, 0.717) is 24.0 Å². The summed E-state index contributed by atoms with van der Waals surface area (Å²) >= 11 is -1.26. The predicted molar refractivity (Wildman–Crippen MR) is 75.0 cm³/mol. The molecule has 1 aromatic carbocycles. The number of halogens is 2. The first-order valence-electron chi connectivity index (χ1n) is 6.48. The Kier molecular flexibility index (Phi) is 4.27. The Balaban J connectivity index is 2.32. The third-order valence-corrected chi connectivity index (χ3v) is 4.99. The highest BCUT2D eigenvalue weighted by molar-refractivity contribution is 7.90. The zero-order chi connectivity index (χ0) is 15.1. The van der Waals surface area contributed by atoms with E-state index in [1.54, 1.807) is 0 Å². The monoisotopic (exact) mass is 303 g/mol. The van der Waals surface area contributed by atoms with Crippen molar-refractivity contribution in [3.05, 3.63) is 28.8 Å². The zero-order valence-corrected chi connectivity index (χ0v) is 12.9. The van der Waals surface area contributed by atoms with Gasteiger partial charge in [0, 0.05) is 16.9 Å². The number of ether oxygens (including phenoxy) is 1. The van der Waals surface area contributed by atoms with E-state index in [-0.39, 0.29) is 11.8 Å². The van der Waals surface area contributed by atoms with Crippen molar-refractivity contribution in [1.82, 2.24) is 4.72 Å². The normalized spacial score (nSPS) is 19.9. The van der Waals surface area contributed by atoms with E-state index in [4.69, 9.17) is 4.74 Å². The van der Waals surface area contributed by atoms with Gasteiger partial charge in [0.05, 0.1) is 13.2 Å². The molecule has 0 heterocycles. The molecule has 2 atom stereocenters. The lowest BCUT2D eigenvalue weighted by Gasteiger charge is -2.26. The molecule has 0 spiro atoms. The van der Waals surface area contributed by atoms with Crippen LogP contribution in [0, 0.1) is 11.6 Å². The summed E-state index contributed by atoms with van der Waals surface area (Å²) in [5.74, 6) is -1.93. The van der Waals surface area contributed by atoms with Crippen molar-refractivity contribution >= 4 is 11.4 Å². The van der Waals surface area contributed by atoms with Crippen LogP contribution in [0.15, 0.2) is 6.07 Å². The standard InChI is InChI=1S/C14H19F2NO2S/c1-14(2,3)20(18)17-11-6-5-8-9(11)7-10(15)12(16)13(8)19-4/h7,11,17H,5-6H2,1-4H3/t11-,20-/m1/s1. The first-order chi connectivity index (χ1) is 9.25. The second-order valence-corrected chi connectivity index (χ2v) is 7.86. The third-order valence-electron chi connectivity index (χ3n) is 3.38. The average molecular weight is 303 g/mol. The predicted octanol–water partition coefficient (Wildman–Crippen LogP) is 3.01. The lowest BCUT2D eigenvalue weighted by atomic mass is 10.1. The van der Waals surface area contributed by atoms with Crippen LogP contribution >= 0.6 is 0 Å². The lowest BCUT2D eigenvalue weighted by molar-refractivity contribution is 0.367. The fourth-order valence-electron chi connectivity index (χ4n) is 2.31. The number of hydrogen-bond acceptors (Lipinski definition) is 3. The van der Waals surface area contributed by atoms with Gasteiger partial charge in [-0.25, -0.2) is 4.39 Å². The molecular weight excluding hydrogens is 284 g/mol. The molecule has 2 rings (SSSR count). The van der Waals surface area contributed by atoms with E-state index in [2.05, 4.69) is 4.72 Å². The Morgan fingerprint density at radius 1 is 1.40 bits per heavy atom. The smallest absolute Gasteiger partial charge is 0.200 e. The van der Waals surface area contributed by atoms with Gasteiger partial charge in [0.15, 0.2) is 11.6 Å². The molecule has 112 valence electrons. The molecule has 0 fully saturated rings. The Hall–Kier alpha value is -0.850. The molecule has 0 amide bonds. The number of methoxy groups -OCH3 is 1. The van der Waals surface area contributed by atoms with Crippen LogP contribution in [0.5, 0.6) is 5.75 Å². The molecule has 3 nitrogen and oxygen atoms in total. The van der Waals surface area contributed by atoms with Gasteiger partial charge in [0.1, 0.15) is 4.75 Å². The number of fused-ring (bicyclic) bond motifs is 1. The van der Waals surface area contributed by atoms with Gasteiger partial charge in [0.2, 0.25) is 5.82 Å². The van der Waals surface area contributed by atoms with Crippen molar-refractivity contribution in [2.45, 2.75) is 44.4 Å². The molecular formula is C14H19F2NO2S. The first kappa shape index (κ1) is 15.5. The topological polar surface area (TPSA) is 44.3 Å². The van der Waals surface area contributed by atoms with Crippen LogP contribution in [0.2, 0.25) is 0 Å². The molecule has 20 heavy (non-hydrogen) atoms. The van der Waals surface area contributed by atoms with Crippen molar-refractivity contribution in [2.24, 2.45) is 0 Å². The molecule has 0 unspecified atom stereocenters. The maximum absolute atomic E-state index is 13.7. The van der Waals surface area contributed by atoms with Gasteiger partial charge in [-0.1, -0.05) is 0 Å². The molecule has 0 saturated carbocycles. The Bertz CT molecular complexity index is 517. The van der Waals surface area contributed by atoms with Gasteiger partial charge < -0.3 is 9.29 Å². The lowest BCUT2D eigenvalue weighted by Crippen LogP contribution is -2.40. The molecule has 0 aromatic heterocycles. The van der Waals surface area contributed by atoms with Crippen molar-refractivity contribution in [3.63, 3.8) is 0 Å². The van der Waals surface area contributed by atoms with Crippen LogP contribution in [0.25, 0.3) is 0 Å². The van der Waals surface area contributed by atoms with Gasteiger partial charge in [-0.2, -0.15) is 4.39 Å². The summed E-state index contributed by atoms with van der Waals surface area (Å²) in [6.45, 7) is 5.58. The number of hydrogen-bond donors (Lipinski definition) is 1. The maximum atomic E-state index is 13.7. The van der Waals surface area contributed by atoms with Crippen LogP contribution in [0.3, 0.4) is 0 Å². The van der Waals surface area contributed by atoms with Gasteiger partial charge in [-0.05, 0) is 45.2 Å². The molecule has 1 aromatic rings. The number of nitrogens with one attached hydrogen (secondary N) is 1. The third kappa shape index (κ3) is 2.77. The van der Waals surface area contributed by atoms with Crippen LogP contribution < -0.4 is 9.46 Å². The highest BCUT2D eigenvalue weighted by Crippen LogP contribution is 2.40. The fourth-order valence-corrected chi connectivity index (χ4v) is 3.17. The summed E-state index contributed by atoms with van der Waals surface area (Å²) < 4.78 is 47.0. The van der Waals surface area contributed by atoms with Gasteiger partial charge in [0.25, 0.3) is 0 Å². The van der Waals surface area contributed by atoms with Crippen LogP contribution in [0.4, 0.5) is 8.78 Å². The highest BCUT2D eigenvalue weighted by Gasteiger charge is 2.35. The van der Waals surface area contributed by atoms with Crippen molar-refractivity contribution in [2.75, 3.05) is 7.11 Å². The largest absolute Gasteiger partial charge is 0.598 e. The molecule has 6 heteroatoms. The molecule has 0 saturated heterocycles. The average Bonchev–Trinajstić information content (AvgIpc) is 2.72. The molecule has 0 aliphatic heterocycles. The van der Waals surface area contributed by atoms with Crippen molar-refractivity contribution in [3.8, 4) is 5.75 Å². The Labute approximate surface area is 121 Å². The number of rotatable bonds is 3. The van der Waals surface area contributed by atoms with Crippen LogP contribution in [-0.4, -0.2) is 16.4 Å². The maximum Gasteiger partial charge on any atom is 0.200 e. The quantitative estimate of drug-likeness (QED) is 0.873. The molecule has 0 radical (unpaired) electrons. The summed E-state index contributed by atoms with van der Waals surface area (Å²) in [5, 5.41) is 0. The summed E-state index contributed by atoms with van der Waals surface area (Å²) in [5.41, 5.74) is 1.30. The van der Waals surface area contributed by atoms with Crippen LogP contribution in [-0.2, 0) is 17.8 Å². The van der Waals surface area contributed by atoms with E-state index in [0.717, 1.165) is 0 Å². The zero-order valence-electron chi connectivity index (χ0n) is 12.0. The minimum Gasteiger partial charge on any atom is -0.598 e. The molecule has 1 N–H and O–H groups in total. The van der Waals surface area contributed by atoms with E-state index < -0.39 is 27.7 Å². The minimum absolute atomic E-state index is 0.0363. The summed E-state index contributed by atoms with van der Waals surface area (Å²) in [7, 11) is 1.33. The van der Waals surface area contributed by atoms with Crippen LogP contribution in [0.1, 0.15) is 44.4 Å². The van der Waals surface area contributed by atoms with Gasteiger partial charge >= 0.3 is 0 Å². The SMILES string of the molecule is COc1c(F)c(F)cc2c1CC[C@H]2N[S@+]([O-])C(C)(C)C. The van der Waals surface area contributed by atoms with E-state index >= 15 is 0 Å². The molecule has 1 aliphatic rings. The Morgan fingerprint density at radius 3 is 2.60 bits per heavy atom.